The van der Waals surface area contributed by atoms with Crippen LogP contribution in [0.15, 0.2) is 18.2 Å². The highest BCUT2D eigenvalue weighted by atomic mass is 16.4. The molecule has 0 radical (unpaired) electrons. The second-order valence-corrected chi connectivity index (χ2v) is 3.58. The van der Waals surface area contributed by atoms with Gasteiger partial charge in [-0.2, -0.15) is 0 Å². The average Bonchev–Trinajstić information content (AvgIpc) is 2.09. The van der Waals surface area contributed by atoms with Crippen LogP contribution in [0.5, 0.6) is 0 Å². The number of aryl methyl sites for hydroxylation is 1. The van der Waals surface area contributed by atoms with Gasteiger partial charge in [0, 0.05) is 5.69 Å². The van der Waals surface area contributed by atoms with Gasteiger partial charge in [-0.15, -0.1) is 0 Å². The number of nitrogen functional groups attached to an aromatic ring is 1. The molecule has 76 valence electrons. The van der Waals surface area contributed by atoms with Crippen LogP contribution in [-0.4, -0.2) is 11.1 Å². The molecule has 0 unspecified atom stereocenters. The predicted octanol–water partition coefficient (Wildman–Crippen LogP) is 0.836. The summed E-state index contributed by atoms with van der Waals surface area (Å²) < 4.78 is 0. The Balaban J connectivity index is 3.21. The molecule has 14 heavy (non-hydrogen) atoms. The molecule has 1 rings (SSSR count). The Morgan fingerprint density at radius 1 is 1.50 bits per heavy atom. The van der Waals surface area contributed by atoms with Crippen molar-refractivity contribution >= 4 is 11.7 Å². The third-order valence-corrected chi connectivity index (χ3v) is 2.32. The fourth-order valence-electron chi connectivity index (χ4n) is 1.09. The van der Waals surface area contributed by atoms with E-state index < -0.39 is 11.5 Å². The Morgan fingerprint density at radius 2 is 2.07 bits per heavy atom. The molecular formula is C10H14N2O2. The van der Waals surface area contributed by atoms with E-state index in [2.05, 4.69) is 0 Å². The summed E-state index contributed by atoms with van der Waals surface area (Å²) >= 11 is 0. The highest BCUT2D eigenvalue weighted by Gasteiger charge is 2.30. The molecule has 0 aliphatic rings. The van der Waals surface area contributed by atoms with Crippen LogP contribution in [0.4, 0.5) is 5.69 Å². The lowest BCUT2D eigenvalue weighted by Crippen LogP contribution is -2.41. The topological polar surface area (TPSA) is 89.3 Å². The lowest BCUT2D eigenvalue weighted by Gasteiger charge is -2.20. The number of hydrogen-bond donors (Lipinski definition) is 3. The molecule has 5 N–H and O–H groups in total. The SMILES string of the molecule is Cc1ccc([C@](C)(N)C(=O)O)cc1N. The zero-order valence-corrected chi connectivity index (χ0v) is 8.24. The van der Waals surface area contributed by atoms with Crippen molar-refractivity contribution in [1.29, 1.82) is 0 Å². The van der Waals surface area contributed by atoms with Crippen LogP contribution < -0.4 is 11.5 Å². The number of anilines is 1. The van der Waals surface area contributed by atoms with Crippen LogP contribution in [0.2, 0.25) is 0 Å². The molecule has 0 saturated carbocycles. The van der Waals surface area contributed by atoms with E-state index in [1.807, 2.05) is 6.92 Å². The predicted molar refractivity (Wildman–Crippen MR) is 54.8 cm³/mol. The number of carbonyl (C=O) groups is 1. The quantitative estimate of drug-likeness (QED) is 0.608. The second-order valence-electron chi connectivity index (χ2n) is 3.58. The van der Waals surface area contributed by atoms with Gasteiger partial charge in [0.15, 0.2) is 0 Å². The summed E-state index contributed by atoms with van der Waals surface area (Å²) in [7, 11) is 0. The maximum absolute atomic E-state index is 10.9. The summed E-state index contributed by atoms with van der Waals surface area (Å²) in [6.45, 7) is 3.30. The minimum Gasteiger partial charge on any atom is -0.480 e. The molecule has 0 bridgehead atoms. The molecule has 0 heterocycles. The molecule has 0 aliphatic heterocycles. The maximum atomic E-state index is 10.9. The van der Waals surface area contributed by atoms with Crippen molar-refractivity contribution in [3.63, 3.8) is 0 Å². The molecule has 0 spiro atoms. The summed E-state index contributed by atoms with van der Waals surface area (Å²) in [5.41, 5.74) is 11.9. The first kappa shape index (κ1) is 10.5. The molecule has 1 aromatic carbocycles. The molecule has 0 aliphatic carbocycles. The van der Waals surface area contributed by atoms with Gasteiger partial charge in [-0.05, 0) is 31.0 Å². The number of aliphatic carboxylic acids is 1. The van der Waals surface area contributed by atoms with E-state index in [4.69, 9.17) is 16.6 Å². The lowest BCUT2D eigenvalue weighted by molar-refractivity contribution is -0.143. The highest BCUT2D eigenvalue weighted by Crippen LogP contribution is 2.22. The highest BCUT2D eigenvalue weighted by molar-refractivity contribution is 5.80. The Hall–Kier alpha value is -1.55. The number of hydrogen-bond acceptors (Lipinski definition) is 3. The molecule has 4 heteroatoms. The molecule has 0 saturated heterocycles. The van der Waals surface area contributed by atoms with Gasteiger partial charge in [-0.1, -0.05) is 12.1 Å². The zero-order chi connectivity index (χ0) is 10.9. The van der Waals surface area contributed by atoms with Gasteiger partial charge in [-0.25, -0.2) is 4.79 Å². The van der Waals surface area contributed by atoms with E-state index in [1.54, 1.807) is 18.2 Å². The maximum Gasteiger partial charge on any atom is 0.328 e. The summed E-state index contributed by atoms with van der Waals surface area (Å²) in [4.78, 5) is 10.9. The van der Waals surface area contributed by atoms with Crippen LogP contribution >= 0.6 is 0 Å². The van der Waals surface area contributed by atoms with Crippen LogP contribution in [0.1, 0.15) is 18.1 Å². The third-order valence-electron chi connectivity index (χ3n) is 2.32. The lowest BCUT2D eigenvalue weighted by atomic mass is 9.92. The fraction of sp³-hybridized carbons (Fsp3) is 0.300. The summed E-state index contributed by atoms with van der Waals surface area (Å²) in [5.74, 6) is -1.07. The molecule has 0 fully saturated rings. The molecule has 0 amide bonds. The first-order valence-electron chi connectivity index (χ1n) is 4.24. The normalized spacial score (nSPS) is 14.8. The molecule has 1 aromatic rings. The average molecular weight is 194 g/mol. The standard InChI is InChI=1S/C10H14N2O2/c1-6-3-4-7(5-8(6)11)10(2,12)9(13)14/h3-5H,11-12H2,1-2H3,(H,13,14)/t10-/m0/s1. The number of benzene rings is 1. The van der Waals surface area contributed by atoms with Crippen molar-refractivity contribution in [1.82, 2.24) is 0 Å². The van der Waals surface area contributed by atoms with Crippen LogP contribution in [0, 0.1) is 6.92 Å². The van der Waals surface area contributed by atoms with Crippen LogP contribution in [0.3, 0.4) is 0 Å². The van der Waals surface area contributed by atoms with E-state index in [1.165, 1.54) is 6.92 Å². The Bertz CT molecular complexity index is 372. The molecule has 1 atom stereocenters. The smallest absolute Gasteiger partial charge is 0.328 e. The van der Waals surface area contributed by atoms with E-state index >= 15 is 0 Å². The number of nitrogens with two attached hydrogens (primary N) is 2. The van der Waals surface area contributed by atoms with E-state index in [0.717, 1.165) is 5.56 Å². The molecular weight excluding hydrogens is 180 g/mol. The fourth-order valence-corrected chi connectivity index (χ4v) is 1.09. The minimum absolute atomic E-state index is 0.508. The Labute approximate surface area is 82.5 Å². The first-order valence-corrected chi connectivity index (χ1v) is 4.24. The first-order chi connectivity index (χ1) is 6.35. The summed E-state index contributed by atoms with van der Waals surface area (Å²) in [6, 6.07) is 5.04. The number of rotatable bonds is 2. The van der Waals surface area contributed by atoms with Gasteiger partial charge in [0.2, 0.25) is 0 Å². The van der Waals surface area contributed by atoms with Crippen molar-refractivity contribution in [3.05, 3.63) is 29.3 Å². The van der Waals surface area contributed by atoms with Gasteiger partial charge in [0.25, 0.3) is 0 Å². The van der Waals surface area contributed by atoms with Crippen LogP contribution in [-0.2, 0) is 10.3 Å². The number of carboxylic acid groups (broad SMARTS) is 1. The van der Waals surface area contributed by atoms with Gasteiger partial charge >= 0.3 is 5.97 Å². The Morgan fingerprint density at radius 3 is 2.50 bits per heavy atom. The van der Waals surface area contributed by atoms with Crippen molar-refractivity contribution in [2.45, 2.75) is 19.4 Å². The van der Waals surface area contributed by atoms with Gasteiger partial charge in [-0.3, -0.25) is 0 Å². The third kappa shape index (κ3) is 1.70. The van der Waals surface area contributed by atoms with Crippen molar-refractivity contribution < 1.29 is 9.90 Å². The minimum atomic E-state index is -1.39. The van der Waals surface area contributed by atoms with E-state index in [-0.39, 0.29) is 0 Å². The van der Waals surface area contributed by atoms with Crippen molar-refractivity contribution in [2.24, 2.45) is 5.73 Å². The monoisotopic (exact) mass is 194 g/mol. The van der Waals surface area contributed by atoms with Gasteiger partial charge in [0.1, 0.15) is 5.54 Å². The second kappa shape index (κ2) is 3.31. The van der Waals surface area contributed by atoms with Crippen LogP contribution in [0.25, 0.3) is 0 Å². The van der Waals surface area contributed by atoms with Crippen molar-refractivity contribution in [3.8, 4) is 0 Å². The molecule has 0 aromatic heterocycles. The molecule has 4 nitrogen and oxygen atoms in total. The Kier molecular flexibility index (Phi) is 2.49. The number of carboxylic acids is 1. The van der Waals surface area contributed by atoms with Crippen molar-refractivity contribution in [2.75, 3.05) is 5.73 Å². The van der Waals surface area contributed by atoms with Gasteiger partial charge in [0.05, 0.1) is 0 Å². The van der Waals surface area contributed by atoms with Gasteiger partial charge < -0.3 is 16.6 Å². The summed E-state index contributed by atoms with van der Waals surface area (Å²) in [6.07, 6.45) is 0. The zero-order valence-electron chi connectivity index (χ0n) is 8.24. The largest absolute Gasteiger partial charge is 0.480 e. The van der Waals surface area contributed by atoms with E-state index in [0.29, 0.717) is 11.3 Å². The summed E-state index contributed by atoms with van der Waals surface area (Å²) in [5, 5.41) is 8.89. The van der Waals surface area contributed by atoms with E-state index in [9.17, 15) is 4.79 Å².